The lowest BCUT2D eigenvalue weighted by atomic mass is 9.28. The number of ether oxygens (including phenoxy) is 1. The molecule has 2 unspecified atom stereocenters. The van der Waals surface area contributed by atoms with Crippen molar-refractivity contribution in [2.75, 3.05) is 19.6 Å². The normalized spacial score (nSPS) is 15.6. The summed E-state index contributed by atoms with van der Waals surface area (Å²) in [5, 5.41) is 0.0379. The molecule has 0 saturated heterocycles. The Balaban J connectivity index is 0.999. The van der Waals surface area contributed by atoms with E-state index in [2.05, 4.69) is 319 Å². The summed E-state index contributed by atoms with van der Waals surface area (Å²) in [6.45, 7) is 20.2. The molecule has 89 heavy (non-hydrogen) atoms. The first-order chi connectivity index (χ1) is 43.4. The Morgan fingerprint density at radius 2 is 0.899 bits per heavy atom. The van der Waals surface area contributed by atoms with Gasteiger partial charge in [0.05, 0.1) is 34.1 Å². The minimum Gasteiger partial charge on any atom is -0.458 e. The van der Waals surface area contributed by atoms with Gasteiger partial charge in [0.2, 0.25) is 6.71 Å². The fourth-order valence-electron chi connectivity index (χ4n) is 16.1. The average Bonchev–Trinajstić information content (AvgIpc) is 0.699. The molecule has 5 aliphatic rings. The molecule has 0 radical (unpaired) electrons. The average molecular weight is 1170 g/mol. The maximum Gasteiger partial charge on any atom is 0.251 e. The van der Waals surface area contributed by atoms with Crippen molar-refractivity contribution in [3.8, 4) is 22.6 Å². The van der Waals surface area contributed by atoms with Crippen molar-refractivity contribution in [3.63, 3.8) is 0 Å². The van der Waals surface area contributed by atoms with Crippen molar-refractivity contribution in [2.24, 2.45) is 0 Å². The van der Waals surface area contributed by atoms with Crippen LogP contribution in [0.5, 0.6) is 11.5 Å². The second-order valence-corrected chi connectivity index (χ2v) is 26.6. The molecular weight excluding hydrogens is 1100 g/mol. The monoisotopic (exact) mass is 1170 g/mol. The Morgan fingerprint density at radius 3 is 1.51 bits per heavy atom. The largest absolute Gasteiger partial charge is 0.458 e. The van der Waals surface area contributed by atoms with Crippen LogP contribution in [0.4, 0.5) is 62.6 Å². The first kappa shape index (κ1) is 54.7. The van der Waals surface area contributed by atoms with E-state index in [1.807, 2.05) is 11.8 Å². The standard InChI is InChI=1S/C81H68B2N4OS/c1-49-37-52(4)79(53(5)38-49)84(59-27-15-11-16-28-59)61-43-71-77-72(44-61)87(81-56(8)41-51(3)42-57(81)9)69-35-23-20-32-64(69)82(77)66-47-67-75(48-70(66)86(71)68-34-22-19-31-63(68)58-25-13-10-14-26-58)89-76-46-62(45-74-78(76)83(67)65-33-21-24-36-73(65)88-74)85(60-29-17-12-18-30-60)80-54(6)39-50(2)40-55(80)7/h10-48,67,75H,1-9H3. The number of aryl methyl sites for hydroxylation is 9. The Morgan fingerprint density at radius 1 is 0.404 bits per heavy atom. The SMILES string of the molecule is Cc1cc(C)c(N(c2ccccc2)c2cc3c4c(c2)SC2C=C5C(=CC2B4c2ccccc2O3)B2c3ccccc3N(c3c(C)cc(C)cc3C)c3cc(N(c4ccccc4)c4c(C)cc(C)cc4C)cc(c32)N5c2ccccc2-c2ccccc2)c(C)c1. The number of para-hydroxylation sites is 5. The van der Waals surface area contributed by atoms with E-state index in [9.17, 15) is 0 Å². The number of nitrogens with zero attached hydrogens (tertiary/aromatic N) is 4. The Bertz CT molecular complexity index is 4720. The number of fused-ring (bicyclic) bond motifs is 8. The second-order valence-electron chi connectivity index (χ2n) is 25.3. The highest BCUT2D eigenvalue weighted by Gasteiger charge is 2.52. The smallest absolute Gasteiger partial charge is 0.251 e. The lowest BCUT2D eigenvalue weighted by Gasteiger charge is -2.50. The predicted molar refractivity (Wildman–Crippen MR) is 380 cm³/mol. The number of rotatable bonds is 9. The van der Waals surface area contributed by atoms with Crippen LogP contribution in [0.1, 0.15) is 50.1 Å². The zero-order valence-electron chi connectivity index (χ0n) is 51.9. The molecule has 8 heteroatoms. The van der Waals surface area contributed by atoms with Crippen molar-refractivity contribution in [1.29, 1.82) is 0 Å². The summed E-state index contributed by atoms with van der Waals surface area (Å²) in [6, 6.07) is 84.1. The van der Waals surface area contributed by atoms with Gasteiger partial charge in [-0.05, 0) is 201 Å². The zero-order valence-corrected chi connectivity index (χ0v) is 52.7. The maximum absolute atomic E-state index is 7.24. The van der Waals surface area contributed by atoms with Gasteiger partial charge in [-0.2, -0.15) is 0 Å². The van der Waals surface area contributed by atoms with Crippen LogP contribution in [0.25, 0.3) is 11.1 Å². The molecule has 2 atom stereocenters. The first-order valence-corrected chi connectivity index (χ1v) is 32.3. The predicted octanol–water partition coefficient (Wildman–Crippen LogP) is 19.2. The van der Waals surface area contributed by atoms with Crippen LogP contribution in [0, 0.1) is 62.3 Å². The van der Waals surface area contributed by atoms with Crippen LogP contribution in [0.2, 0.25) is 5.82 Å². The van der Waals surface area contributed by atoms with Gasteiger partial charge in [0.15, 0.2) is 0 Å². The lowest BCUT2D eigenvalue weighted by Crippen LogP contribution is -2.59. The molecule has 0 aromatic heterocycles. The molecular formula is C81H68B2N4OS. The minimum atomic E-state index is -0.114. The summed E-state index contributed by atoms with van der Waals surface area (Å²) in [6.07, 6.45) is 5.42. The molecule has 4 heterocycles. The van der Waals surface area contributed by atoms with Crippen LogP contribution >= 0.6 is 11.8 Å². The minimum absolute atomic E-state index is 0.0190. The topological polar surface area (TPSA) is 22.2 Å². The van der Waals surface area contributed by atoms with Gasteiger partial charge >= 0.3 is 0 Å². The highest BCUT2D eigenvalue weighted by molar-refractivity contribution is 8.00. The molecule has 0 fully saturated rings. The number of anilines is 11. The van der Waals surface area contributed by atoms with E-state index in [4.69, 9.17) is 4.74 Å². The van der Waals surface area contributed by atoms with E-state index in [1.54, 1.807) is 0 Å². The van der Waals surface area contributed by atoms with Crippen molar-refractivity contribution in [3.05, 3.63) is 298 Å². The van der Waals surface area contributed by atoms with Crippen molar-refractivity contribution in [1.82, 2.24) is 0 Å². The van der Waals surface area contributed by atoms with Gasteiger partial charge < -0.3 is 24.3 Å². The number of allylic oxidation sites excluding steroid dienone is 2. The molecule has 1 aliphatic carbocycles. The van der Waals surface area contributed by atoms with Crippen LogP contribution in [-0.4, -0.2) is 18.7 Å². The summed E-state index contributed by atoms with van der Waals surface area (Å²) < 4.78 is 7.24. The summed E-state index contributed by atoms with van der Waals surface area (Å²) in [4.78, 5) is 11.5. The van der Waals surface area contributed by atoms with Gasteiger partial charge in [-0.25, -0.2) is 0 Å². The molecule has 4 aliphatic heterocycles. The Kier molecular flexibility index (Phi) is 13.1. The Hall–Kier alpha value is -9.62. The Labute approximate surface area is 529 Å². The fourth-order valence-corrected chi connectivity index (χ4v) is 17.5. The second kappa shape index (κ2) is 21.3. The number of hydrogen-bond donors (Lipinski definition) is 0. The van der Waals surface area contributed by atoms with E-state index >= 15 is 0 Å². The van der Waals surface area contributed by atoms with E-state index < -0.39 is 0 Å². The van der Waals surface area contributed by atoms with Gasteiger partial charge in [0, 0.05) is 55.9 Å². The summed E-state index contributed by atoms with van der Waals surface area (Å²) in [5.41, 5.74) is 33.9. The molecule has 0 saturated carbocycles. The summed E-state index contributed by atoms with van der Waals surface area (Å²) in [5.74, 6) is 1.93. The van der Waals surface area contributed by atoms with Gasteiger partial charge in [0.1, 0.15) is 11.5 Å². The molecule has 0 amide bonds. The number of hydrogen-bond acceptors (Lipinski definition) is 6. The summed E-state index contributed by atoms with van der Waals surface area (Å²) in [7, 11) is 0. The number of benzene rings is 11. The zero-order chi connectivity index (χ0) is 60.5. The molecule has 0 spiro atoms. The molecule has 5 nitrogen and oxygen atoms in total. The molecule has 430 valence electrons. The number of thioether (sulfide) groups is 1. The maximum atomic E-state index is 7.24. The van der Waals surface area contributed by atoms with Crippen LogP contribution in [0.15, 0.2) is 253 Å². The van der Waals surface area contributed by atoms with Crippen molar-refractivity contribution < 1.29 is 4.74 Å². The highest BCUT2D eigenvalue weighted by Crippen LogP contribution is 2.57. The third kappa shape index (κ3) is 8.84. The molecule has 11 aromatic rings. The molecule has 11 aromatic carbocycles. The van der Waals surface area contributed by atoms with Crippen molar-refractivity contribution >= 4 is 110 Å². The van der Waals surface area contributed by atoms with E-state index in [0.29, 0.717) is 0 Å². The fraction of sp³-hybridized carbons (Fsp3) is 0.136. The van der Waals surface area contributed by atoms with E-state index in [-0.39, 0.29) is 24.5 Å². The van der Waals surface area contributed by atoms with Gasteiger partial charge in [0.25, 0.3) is 6.71 Å². The van der Waals surface area contributed by atoms with Crippen LogP contribution < -0.4 is 46.2 Å². The molecule has 0 bridgehead atoms. The van der Waals surface area contributed by atoms with E-state index in [1.165, 1.54) is 133 Å². The third-order valence-corrected chi connectivity index (χ3v) is 20.5. The van der Waals surface area contributed by atoms with Crippen LogP contribution in [-0.2, 0) is 0 Å². The molecule has 16 rings (SSSR count). The highest BCUT2D eigenvalue weighted by atomic mass is 32.2. The first-order valence-electron chi connectivity index (χ1n) is 31.4. The summed E-state index contributed by atoms with van der Waals surface area (Å²) >= 11 is 2.00. The quantitative estimate of drug-likeness (QED) is 0.133. The van der Waals surface area contributed by atoms with Crippen LogP contribution in [0.3, 0.4) is 0 Å². The van der Waals surface area contributed by atoms with Gasteiger partial charge in [-0.1, -0.05) is 180 Å². The lowest BCUT2D eigenvalue weighted by molar-refractivity contribution is 0.485. The van der Waals surface area contributed by atoms with E-state index in [0.717, 1.165) is 39.9 Å². The molecule has 0 N–H and O–H groups in total. The van der Waals surface area contributed by atoms with Gasteiger partial charge in [-0.3, -0.25) is 0 Å². The third-order valence-electron chi connectivity index (χ3n) is 19.2. The van der Waals surface area contributed by atoms with Crippen molar-refractivity contribution in [2.45, 2.75) is 78.3 Å². The van der Waals surface area contributed by atoms with Gasteiger partial charge in [-0.15, -0.1) is 11.8 Å².